The number of nitrogens with zero attached hydrogens (tertiary/aromatic N) is 2. The average Bonchev–Trinajstić information content (AvgIpc) is 2.55. The monoisotopic (exact) mass is 387 g/mol. The number of hydrogen-bond donors (Lipinski definition) is 1. The standard InChI is InChI=1S/C16H16F3N3O3S/c1-10-7-11(16(17,18)19)9-20-15(10)21-26(23,24)12-3-4-14-13(8-12)22(2)5-6-25-14/h3-4,7-9H,5-6H2,1-2H3,(H,20,21). The number of fused-ring (bicyclic) bond motifs is 1. The van der Waals surface area contributed by atoms with E-state index in [0.29, 0.717) is 30.8 Å². The van der Waals surface area contributed by atoms with Gasteiger partial charge in [0.25, 0.3) is 10.0 Å². The lowest BCUT2D eigenvalue weighted by molar-refractivity contribution is -0.137. The van der Waals surface area contributed by atoms with Crippen molar-refractivity contribution < 1.29 is 26.3 Å². The number of benzene rings is 1. The van der Waals surface area contributed by atoms with E-state index in [9.17, 15) is 21.6 Å². The van der Waals surface area contributed by atoms with Crippen molar-refractivity contribution in [1.29, 1.82) is 0 Å². The highest BCUT2D eigenvalue weighted by atomic mass is 32.2. The molecule has 0 spiro atoms. The van der Waals surface area contributed by atoms with E-state index >= 15 is 0 Å². The first-order chi connectivity index (χ1) is 12.1. The van der Waals surface area contributed by atoms with Crippen LogP contribution in [-0.2, 0) is 16.2 Å². The molecule has 1 aromatic carbocycles. The van der Waals surface area contributed by atoms with Gasteiger partial charge in [-0.2, -0.15) is 13.2 Å². The van der Waals surface area contributed by atoms with Crippen molar-refractivity contribution in [2.24, 2.45) is 0 Å². The van der Waals surface area contributed by atoms with Crippen LogP contribution in [0, 0.1) is 6.92 Å². The number of aromatic nitrogens is 1. The van der Waals surface area contributed by atoms with Gasteiger partial charge in [0.1, 0.15) is 18.2 Å². The lowest BCUT2D eigenvalue weighted by Crippen LogP contribution is -2.29. The fourth-order valence-electron chi connectivity index (χ4n) is 2.52. The van der Waals surface area contributed by atoms with Gasteiger partial charge >= 0.3 is 6.18 Å². The minimum absolute atomic E-state index is 0.0327. The number of sulfonamides is 1. The van der Waals surface area contributed by atoms with Gasteiger partial charge in [-0.05, 0) is 36.8 Å². The Labute approximate surface area is 148 Å². The number of hydrogen-bond acceptors (Lipinski definition) is 5. The maximum Gasteiger partial charge on any atom is 0.417 e. The quantitative estimate of drug-likeness (QED) is 0.877. The molecule has 0 aliphatic carbocycles. The van der Waals surface area contributed by atoms with Crippen LogP contribution in [0.15, 0.2) is 35.4 Å². The molecule has 0 amide bonds. The molecular formula is C16H16F3N3O3S. The molecule has 10 heteroatoms. The summed E-state index contributed by atoms with van der Waals surface area (Å²) in [6, 6.07) is 5.22. The molecule has 1 aliphatic heterocycles. The highest BCUT2D eigenvalue weighted by molar-refractivity contribution is 7.92. The van der Waals surface area contributed by atoms with Crippen LogP contribution in [0.3, 0.4) is 0 Å². The van der Waals surface area contributed by atoms with Crippen LogP contribution >= 0.6 is 0 Å². The number of alkyl halides is 3. The van der Waals surface area contributed by atoms with Crippen molar-refractivity contribution in [3.8, 4) is 5.75 Å². The van der Waals surface area contributed by atoms with Crippen LogP contribution in [0.25, 0.3) is 0 Å². The van der Waals surface area contributed by atoms with Crippen molar-refractivity contribution in [2.45, 2.75) is 18.0 Å². The molecule has 1 aliphatic rings. The number of anilines is 2. The number of rotatable bonds is 3. The van der Waals surface area contributed by atoms with E-state index < -0.39 is 21.8 Å². The minimum atomic E-state index is -4.54. The van der Waals surface area contributed by atoms with Gasteiger partial charge < -0.3 is 9.64 Å². The Hall–Kier alpha value is -2.49. The molecule has 0 saturated carbocycles. The van der Waals surface area contributed by atoms with Gasteiger partial charge in [-0.3, -0.25) is 4.72 Å². The summed E-state index contributed by atoms with van der Waals surface area (Å²) in [5.74, 6) is 0.418. The van der Waals surface area contributed by atoms with Gasteiger partial charge in [-0.1, -0.05) is 0 Å². The summed E-state index contributed by atoms with van der Waals surface area (Å²) < 4.78 is 71.0. The topological polar surface area (TPSA) is 71.5 Å². The number of halogens is 3. The number of nitrogens with one attached hydrogen (secondary N) is 1. The summed E-state index contributed by atoms with van der Waals surface area (Å²) in [6.07, 6.45) is -3.95. The zero-order chi connectivity index (χ0) is 19.1. The molecule has 0 unspecified atom stereocenters. The predicted molar refractivity (Wildman–Crippen MR) is 90.0 cm³/mol. The Morgan fingerprint density at radius 3 is 2.65 bits per heavy atom. The highest BCUT2D eigenvalue weighted by Crippen LogP contribution is 2.34. The SMILES string of the molecule is Cc1cc(C(F)(F)F)cnc1NS(=O)(=O)c1ccc2c(c1)N(C)CCO2. The fourth-order valence-corrected chi connectivity index (χ4v) is 3.62. The molecule has 0 saturated heterocycles. The summed E-state index contributed by atoms with van der Waals surface area (Å²) in [6.45, 7) is 2.47. The molecule has 2 aromatic rings. The van der Waals surface area contributed by atoms with Gasteiger partial charge in [-0.15, -0.1) is 0 Å². The third kappa shape index (κ3) is 3.55. The zero-order valence-electron chi connectivity index (χ0n) is 14.0. The first-order valence-corrected chi connectivity index (χ1v) is 9.11. The van der Waals surface area contributed by atoms with Crippen LogP contribution in [0.2, 0.25) is 0 Å². The summed E-state index contributed by atoms with van der Waals surface area (Å²) in [4.78, 5) is 5.44. The van der Waals surface area contributed by atoms with Crippen molar-refractivity contribution in [3.63, 3.8) is 0 Å². The van der Waals surface area contributed by atoms with Gasteiger partial charge in [0.15, 0.2) is 0 Å². The Bertz CT molecular complexity index is 945. The van der Waals surface area contributed by atoms with Gasteiger partial charge in [0, 0.05) is 13.2 Å². The second kappa shape index (κ2) is 6.35. The van der Waals surface area contributed by atoms with Crippen molar-refractivity contribution in [1.82, 2.24) is 4.98 Å². The van der Waals surface area contributed by atoms with Crippen molar-refractivity contribution >= 4 is 21.5 Å². The number of ether oxygens (including phenoxy) is 1. The van der Waals surface area contributed by atoms with Crippen molar-refractivity contribution in [2.75, 3.05) is 29.8 Å². The Morgan fingerprint density at radius 1 is 1.27 bits per heavy atom. The summed E-state index contributed by atoms with van der Waals surface area (Å²) in [5, 5.41) is 0. The Balaban J connectivity index is 1.91. The van der Waals surface area contributed by atoms with E-state index in [-0.39, 0.29) is 16.3 Å². The largest absolute Gasteiger partial charge is 0.490 e. The number of aryl methyl sites for hydroxylation is 1. The molecule has 0 radical (unpaired) electrons. The number of likely N-dealkylation sites (N-methyl/N-ethyl adjacent to an activating group) is 1. The lowest BCUT2D eigenvalue weighted by atomic mass is 10.2. The number of pyridine rings is 1. The Morgan fingerprint density at radius 2 is 2.00 bits per heavy atom. The maximum atomic E-state index is 12.7. The maximum absolute atomic E-state index is 12.7. The van der Waals surface area contributed by atoms with Crippen LogP contribution in [0.4, 0.5) is 24.7 Å². The van der Waals surface area contributed by atoms with Gasteiger partial charge in [-0.25, -0.2) is 13.4 Å². The Kier molecular flexibility index (Phi) is 4.47. The average molecular weight is 387 g/mol. The normalized spacial score (nSPS) is 14.6. The van der Waals surface area contributed by atoms with Crippen LogP contribution < -0.4 is 14.4 Å². The molecule has 6 nitrogen and oxygen atoms in total. The molecule has 26 heavy (non-hydrogen) atoms. The van der Waals surface area contributed by atoms with E-state index in [1.54, 1.807) is 6.07 Å². The second-order valence-electron chi connectivity index (χ2n) is 5.89. The van der Waals surface area contributed by atoms with E-state index in [4.69, 9.17) is 4.74 Å². The molecule has 0 fully saturated rings. The molecule has 0 bridgehead atoms. The van der Waals surface area contributed by atoms with Crippen LogP contribution in [0.1, 0.15) is 11.1 Å². The second-order valence-corrected chi connectivity index (χ2v) is 7.57. The minimum Gasteiger partial charge on any atom is -0.490 e. The zero-order valence-corrected chi connectivity index (χ0v) is 14.8. The van der Waals surface area contributed by atoms with E-state index in [2.05, 4.69) is 9.71 Å². The summed E-state index contributed by atoms with van der Waals surface area (Å²) >= 11 is 0. The third-order valence-electron chi connectivity index (χ3n) is 3.97. The van der Waals surface area contributed by atoms with Crippen LogP contribution in [0.5, 0.6) is 5.75 Å². The third-order valence-corrected chi connectivity index (χ3v) is 5.31. The molecule has 0 atom stereocenters. The fraction of sp³-hybridized carbons (Fsp3) is 0.312. The van der Waals surface area contributed by atoms with E-state index in [0.717, 1.165) is 6.07 Å². The van der Waals surface area contributed by atoms with Gasteiger partial charge in [0.2, 0.25) is 0 Å². The van der Waals surface area contributed by atoms with E-state index in [1.165, 1.54) is 19.1 Å². The summed E-state index contributed by atoms with van der Waals surface area (Å²) in [7, 11) is -2.20. The molecular weight excluding hydrogens is 371 g/mol. The first kappa shape index (κ1) is 18.3. The van der Waals surface area contributed by atoms with Gasteiger partial charge in [0.05, 0.1) is 22.7 Å². The smallest absolute Gasteiger partial charge is 0.417 e. The first-order valence-electron chi connectivity index (χ1n) is 7.62. The summed E-state index contributed by atoms with van der Waals surface area (Å²) in [5.41, 5.74) is -0.247. The molecule has 1 aromatic heterocycles. The van der Waals surface area contributed by atoms with E-state index in [1.807, 2.05) is 11.9 Å². The molecule has 1 N–H and O–H groups in total. The highest BCUT2D eigenvalue weighted by Gasteiger charge is 2.31. The van der Waals surface area contributed by atoms with Crippen molar-refractivity contribution in [3.05, 3.63) is 41.6 Å². The molecule has 3 rings (SSSR count). The van der Waals surface area contributed by atoms with Crippen LogP contribution in [-0.4, -0.2) is 33.6 Å². The predicted octanol–water partition coefficient (Wildman–Crippen LogP) is 3.04. The molecule has 2 heterocycles. The lowest BCUT2D eigenvalue weighted by Gasteiger charge is -2.28. The molecule has 140 valence electrons.